The maximum atomic E-state index is 10.1. The van der Waals surface area contributed by atoms with Gasteiger partial charge >= 0.3 is 54.2 Å². The van der Waals surface area contributed by atoms with E-state index >= 15 is 0 Å². The molecule has 0 aromatic heterocycles. The Hall–Kier alpha value is 0.00636. The second-order valence-corrected chi connectivity index (χ2v) is 2.42. The Morgan fingerprint density at radius 3 is 1.50 bits per heavy atom. The van der Waals surface area contributed by atoms with Crippen LogP contribution in [0.5, 0.6) is 0 Å². The van der Waals surface area contributed by atoms with Crippen LogP contribution in [-0.4, -0.2) is 28.6 Å². The molecular formula is C6H7KO7. The van der Waals surface area contributed by atoms with Crippen LogP contribution in [0.2, 0.25) is 0 Å². The fraction of sp³-hybridized carbons (Fsp3) is 0.500. The third-order valence-electron chi connectivity index (χ3n) is 1.25. The van der Waals surface area contributed by atoms with Crippen LogP contribution in [0.4, 0.5) is 0 Å². The Bertz CT molecular complexity index is 241. The van der Waals surface area contributed by atoms with Gasteiger partial charge in [-0.25, -0.2) is 0 Å². The van der Waals surface area contributed by atoms with Gasteiger partial charge in [0.1, 0.15) is 5.60 Å². The van der Waals surface area contributed by atoms with Crippen molar-refractivity contribution >= 4 is 17.9 Å². The topological polar surface area (TPSA) is 141 Å². The Morgan fingerprint density at radius 2 is 1.36 bits per heavy atom. The van der Waals surface area contributed by atoms with E-state index in [9.17, 15) is 29.7 Å². The van der Waals surface area contributed by atoms with Crippen LogP contribution in [0.25, 0.3) is 0 Å². The van der Waals surface area contributed by atoms with Crippen LogP contribution >= 0.6 is 0 Å². The normalized spacial score (nSPS) is 10.1. The molecule has 0 aromatic rings. The summed E-state index contributed by atoms with van der Waals surface area (Å²) in [6, 6.07) is 0. The van der Waals surface area contributed by atoms with E-state index < -0.39 is 36.4 Å². The first-order valence-electron chi connectivity index (χ1n) is 3.11. The maximum absolute atomic E-state index is 10.1. The van der Waals surface area contributed by atoms with E-state index in [4.69, 9.17) is 5.11 Å². The molecule has 1 N–H and O–H groups in total. The van der Waals surface area contributed by atoms with E-state index in [1.807, 2.05) is 0 Å². The van der Waals surface area contributed by atoms with Crippen LogP contribution in [0, 0.1) is 0 Å². The van der Waals surface area contributed by atoms with Gasteiger partial charge in [0.2, 0.25) is 0 Å². The second kappa shape index (κ2) is 6.48. The average molecular weight is 230 g/mol. The van der Waals surface area contributed by atoms with Gasteiger partial charge in [-0.15, -0.1) is 0 Å². The van der Waals surface area contributed by atoms with Crippen molar-refractivity contribution in [1.82, 2.24) is 0 Å². The van der Waals surface area contributed by atoms with Crippen LogP contribution in [-0.2, 0) is 14.4 Å². The monoisotopic (exact) mass is 230 g/mol. The zero-order chi connectivity index (χ0) is 10.6. The molecule has 14 heavy (non-hydrogen) atoms. The Labute approximate surface area is 124 Å². The number of carboxylic acids is 3. The number of aliphatic hydroxyl groups is 1. The molecule has 74 valence electrons. The molecule has 7 nitrogen and oxygen atoms in total. The molecule has 0 aliphatic heterocycles. The zero-order valence-electron chi connectivity index (χ0n) is 9.31. The molecule has 0 saturated carbocycles. The van der Waals surface area contributed by atoms with Gasteiger partial charge < -0.3 is 34.8 Å². The van der Waals surface area contributed by atoms with Crippen LogP contribution in [0.1, 0.15) is 15.7 Å². The number of carbonyl (C=O) groups is 3. The van der Waals surface area contributed by atoms with Gasteiger partial charge in [0.25, 0.3) is 0 Å². The van der Waals surface area contributed by atoms with Crippen molar-refractivity contribution in [2.45, 2.75) is 18.4 Å². The molecular weight excluding hydrogens is 223 g/mol. The number of hydrogen-bond donors (Lipinski definition) is 1. The minimum absolute atomic E-state index is 0. The van der Waals surface area contributed by atoms with Gasteiger partial charge in [0.05, 0.1) is 5.97 Å². The average Bonchev–Trinajstić information content (AvgIpc) is 1.82. The van der Waals surface area contributed by atoms with Gasteiger partial charge in [-0.1, -0.05) is 0 Å². The standard InChI is InChI=1S/C6H8O7.K/c7-3(8)1-6(13,5(11)12)2-4(9)10;/h13H,1-2H2,(H,7,8)(H,9,10)(H,11,12);/q;+1/p-1. The third-order valence-corrected chi connectivity index (χ3v) is 1.25. The van der Waals surface area contributed by atoms with E-state index in [2.05, 4.69) is 0 Å². The molecule has 0 aliphatic carbocycles. The second-order valence-electron chi connectivity index (χ2n) is 2.42. The van der Waals surface area contributed by atoms with E-state index in [-0.39, 0.29) is 54.2 Å². The molecule has 8 heteroatoms. The molecule has 0 rings (SSSR count). The van der Waals surface area contributed by atoms with Crippen molar-refractivity contribution in [3.8, 4) is 0 Å². The Kier molecular flexibility index (Phi) is 7.61. The van der Waals surface area contributed by atoms with Crippen molar-refractivity contribution in [2.75, 3.05) is 0 Å². The van der Waals surface area contributed by atoms with Crippen molar-refractivity contribution in [3.05, 3.63) is 0 Å². The maximum Gasteiger partial charge on any atom is 1.00 e. The van der Waals surface area contributed by atoms with Crippen molar-refractivity contribution < 1.29 is 89.0 Å². The predicted molar refractivity (Wildman–Crippen MR) is 31.4 cm³/mol. The molecule has 0 spiro atoms. The molecule has 0 aromatic carbocycles. The molecule has 0 amide bonds. The number of hydrogen-bond acceptors (Lipinski definition) is 7. The van der Waals surface area contributed by atoms with Crippen molar-refractivity contribution in [2.24, 2.45) is 0 Å². The number of carbonyl (C=O) groups excluding carboxylic acids is 3. The first-order valence-corrected chi connectivity index (χ1v) is 3.11. The predicted octanol–water partition coefficient (Wildman–Crippen LogP) is -8.02. The minimum atomic E-state index is -2.97. The Balaban J connectivity index is -0.000000240. The fourth-order valence-electron chi connectivity index (χ4n) is 0.684. The molecule has 0 bridgehead atoms. The molecule has 0 atom stereocenters. The summed E-state index contributed by atoms with van der Waals surface area (Å²) in [7, 11) is 0. The zero-order valence-corrected chi connectivity index (χ0v) is 10.4. The fourth-order valence-corrected chi connectivity index (χ4v) is 0.684. The third kappa shape index (κ3) is 5.68. The van der Waals surface area contributed by atoms with Crippen LogP contribution < -0.4 is 66.7 Å². The smallest absolute Gasteiger partial charge is 0.550 e. The van der Waals surface area contributed by atoms with Crippen molar-refractivity contribution in [3.63, 3.8) is 0 Å². The quantitative estimate of drug-likeness (QED) is 0.462. The minimum Gasteiger partial charge on any atom is -0.550 e. The van der Waals surface area contributed by atoms with Gasteiger partial charge in [0.15, 0.2) is 0 Å². The summed E-state index contributed by atoms with van der Waals surface area (Å²) in [4.78, 5) is 30.0. The molecule has 0 heterocycles. The molecule has 0 aliphatic rings. The molecule has 0 unspecified atom stereocenters. The number of carboxylic acid groups (broad SMARTS) is 3. The summed E-state index contributed by atoms with van der Waals surface area (Å²) in [5.74, 6) is -5.98. The Morgan fingerprint density at radius 1 is 1.07 bits per heavy atom. The summed E-state index contributed by atoms with van der Waals surface area (Å²) < 4.78 is 0. The summed E-state index contributed by atoms with van der Waals surface area (Å²) in [5, 5.41) is 38.9. The van der Waals surface area contributed by atoms with Gasteiger partial charge in [-0.05, 0) is 0 Å². The molecule has 0 radical (unpaired) electrons. The summed E-state index contributed by atoms with van der Waals surface area (Å²) in [6.45, 7) is 0. The summed E-state index contributed by atoms with van der Waals surface area (Å²) in [6.07, 6.45) is -2.72. The van der Waals surface area contributed by atoms with E-state index in [0.717, 1.165) is 0 Å². The van der Waals surface area contributed by atoms with Gasteiger partial charge in [-0.3, -0.25) is 0 Å². The van der Waals surface area contributed by atoms with Crippen LogP contribution in [0.3, 0.4) is 0 Å². The van der Waals surface area contributed by atoms with Crippen LogP contribution in [0.15, 0.2) is 0 Å². The first-order chi connectivity index (χ1) is 5.78. The number of aliphatic carboxylic acids is 3. The van der Waals surface area contributed by atoms with Crippen molar-refractivity contribution in [1.29, 1.82) is 0 Å². The van der Waals surface area contributed by atoms with E-state index in [0.29, 0.717) is 0 Å². The molecule has 0 fully saturated rings. The summed E-state index contributed by atoms with van der Waals surface area (Å²) >= 11 is 0. The van der Waals surface area contributed by atoms with Gasteiger partial charge in [0, 0.05) is 24.8 Å². The van der Waals surface area contributed by atoms with Gasteiger partial charge in [-0.2, -0.15) is 0 Å². The van der Waals surface area contributed by atoms with E-state index in [1.54, 1.807) is 0 Å². The largest absolute Gasteiger partial charge is 1.00 e. The summed E-state index contributed by atoms with van der Waals surface area (Å²) in [5.41, 5.74) is -2.97. The molecule has 0 saturated heterocycles. The first kappa shape index (κ1) is 16.4. The number of rotatable bonds is 5. The SMILES string of the molecule is O=C([O-])CC(O)(CC(=O)[O-])C(=O)[O-].[H+].[H+].[K+]. The van der Waals surface area contributed by atoms with E-state index in [1.165, 1.54) is 0 Å².